The molecule has 1 aliphatic rings. The van der Waals surface area contributed by atoms with Gasteiger partial charge in [0.1, 0.15) is 12.3 Å². The number of alkyl halides is 3. The fraction of sp³-hybridized carbons (Fsp3) is 0.500. The number of halogens is 3. The number of nitriles is 1. The number of aliphatic hydroxyl groups excluding tert-OH is 1. The lowest BCUT2D eigenvalue weighted by atomic mass is 10.1. The Bertz CT molecular complexity index is 566. The Morgan fingerprint density at radius 3 is 2.62 bits per heavy atom. The van der Waals surface area contributed by atoms with Crippen LogP contribution in [0.4, 0.5) is 18.9 Å². The lowest BCUT2D eigenvalue weighted by Crippen LogP contribution is -2.30. The van der Waals surface area contributed by atoms with Gasteiger partial charge in [0.25, 0.3) is 0 Å². The SMILES string of the molecule is C[C@@H](O)[C@@H]1CN(c2ccc(C#N)c(C(F)(F)F)c2)[C@@H](C)O1. The largest absolute Gasteiger partial charge is 0.417 e. The third kappa shape index (κ3) is 3.12. The van der Waals surface area contributed by atoms with Crippen molar-refractivity contribution in [3.63, 3.8) is 0 Å². The maximum Gasteiger partial charge on any atom is 0.417 e. The quantitative estimate of drug-likeness (QED) is 0.912. The summed E-state index contributed by atoms with van der Waals surface area (Å²) in [5, 5.41) is 18.3. The molecule has 2 rings (SSSR count). The minimum atomic E-state index is -4.59. The molecule has 3 atom stereocenters. The molecule has 1 aromatic carbocycles. The Morgan fingerprint density at radius 2 is 2.14 bits per heavy atom. The fourth-order valence-corrected chi connectivity index (χ4v) is 2.34. The van der Waals surface area contributed by atoms with Crippen molar-refractivity contribution >= 4 is 5.69 Å². The molecule has 0 saturated carbocycles. The van der Waals surface area contributed by atoms with Crippen LogP contribution in [0.1, 0.15) is 25.0 Å². The molecular formula is C14H15F3N2O2. The van der Waals surface area contributed by atoms with Gasteiger partial charge in [0.2, 0.25) is 0 Å². The first-order valence-electron chi connectivity index (χ1n) is 6.45. The molecule has 0 aromatic heterocycles. The highest BCUT2D eigenvalue weighted by Crippen LogP contribution is 2.36. The summed E-state index contributed by atoms with van der Waals surface area (Å²) in [6.07, 6.45) is -6.20. The molecule has 0 radical (unpaired) electrons. The van der Waals surface area contributed by atoms with Crippen LogP contribution in [-0.4, -0.2) is 30.1 Å². The lowest BCUT2D eigenvalue weighted by molar-refractivity contribution is -0.137. The number of ether oxygens (including phenoxy) is 1. The Hall–Kier alpha value is -1.78. The van der Waals surface area contributed by atoms with Crippen molar-refractivity contribution < 1.29 is 23.0 Å². The molecular weight excluding hydrogens is 285 g/mol. The molecule has 1 aliphatic heterocycles. The molecule has 0 bridgehead atoms. The first-order valence-corrected chi connectivity index (χ1v) is 6.45. The van der Waals surface area contributed by atoms with E-state index in [4.69, 9.17) is 10.00 Å². The maximum atomic E-state index is 13.0. The topological polar surface area (TPSA) is 56.5 Å². The summed E-state index contributed by atoms with van der Waals surface area (Å²) >= 11 is 0. The van der Waals surface area contributed by atoms with Crippen LogP contribution >= 0.6 is 0 Å². The molecule has 1 fully saturated rings. The summed E-state index contributed by atoms with van der Waals surface area (Å²) in [6, 6.07) is 5.11. The van der Waals surface area contributed by atoms with E-state index in [2.05, 4.69) is 0 Å². The van der Waals surface area contributed by atoms with Crippen LogP contribution in [0.15, 0.2) is 18.2 Å². The number of benzene rings is 1. The molecule has 1 aromatic rings. The van der Waals surface area contributed by atoms with E-state index in [-0.39, 0.29) is 0 Å². The van der Waals surface area contributed by atoms with E-state index in [1.165, 1.54) is 6.07 Å². The number of aliphatic hydroxyl groups is 1. The van der Waals surface area contributed by atoms with Crippen molar-refractivity contribution in [3.05, 3.63) is 29.3 Å². The van der Waals surface area contributed by atoms with Crippen molar-refractivity contribution in [2.75, 3.05) is 11.4 Å². The minimum Gasteiger partial charge on any atom is -0.391 e. The second kappa shape index (κ2) is 5.54. The molecule has 0 spiro atoms. The van der Waals surface area contributed by atoms with Crippen LogP contribution in [0.5, 0.6) is 0 Å². The van der Waals surface area contributed by atoms with Crippen LogP contribution in [0.3, 0.4) is 0 Å². The molecule has 1 saturated heterocycles. The summed E-state index contributed by atoms with van der Waals surface area (Å²) in [5.74, 6) is 0. The van der Waals surface area contributed by atoms with Crippen molar-refractivity contribution in [1.82, 2.24) is 0 Å². The second-order valence-corrected chi connectivity index (χ2v) is 5.01. The molecule has 21 heavy (non-hydrogen) atoms. The normalized spacial score (nSPS) is 24.0. The summed E-state index contributed by atoms with van der Waals surface area (Å²) in [7, 11) is 0. The molecule has 0 aliphatic carbocycles. The first kappa shape index (κ1) is 15.6. The monoisotopic (exact) mass is 300 g/mol. The standard InChI is InChI=1S/C14H15F3N2O2/c1-8(20)13-7-19(9(2)21-13)11-4-3-10(6-18)12(5-11)14(15,16)17/h3-5,8-9,13,20H,7H2,1-2H3/t8-,9-,13+/m1/s1. The van der Waals surface area contributed by atoms with Gasteiger partial charge in [-0.1, -0.05) is 0 Å². The van der Waals surface area contributed by atoms with E-state index in [9.17, 15) is 18.3 Å². The van der Waals surface area contributed by atoms with E-state index in [1.807, 2.05) is 0 Å². The molecule has 7 heteroatoms. The average Bonchev–Trinajstić information content (AvgIpc) is 2.79. The summed E-state index contributed by atoms with van der Waals surface area (Å²) in [5.41, 5.74) is -1.06. The van der Waals surface area contributed by atoms with Crippen LogP contribution in [-0.2, 0) is 10.9 Å². The molecule has 4 nitrogen and oxygen atoms in total. The van der Waals surface area contributed by atoms with E-state index < -0.39 is 35.7 Å². The van der Waals surface area contributed by atoms with Crippen molar-refractivity contribution in [3.8, 4) is 6.07 Å². The predicted molar refractivity (Wildman–Crippen MR) is 69.5 cm³/mol. The van der Waals surface area contributed by atoms with Gasteiger partial charge in [-0.05, 0) is 32.0 Å². The number of anilines is 1. The summed E-state index contributed by atoms with van der Waals surface area (Å²) < 4.78 is 44.4. The summed E-state index contributed by atoms with van der Waals surface area (Å²) in [4.78, 5) is 1.63. The highest BCUT2D eigenvalue weighted by molar-refractivity contribution is 5.55. The van der Waals surface area contributed by atoms with Gasteiger partial charge in [-0.3, -0.25) is 0 Å². The third-order valence-electron chi connectivity index (χ3n) is 3.49. The second-order valence-electron chi connectivity index (χ2n) is 5.01. The van der Waals surface area contributed by atoms with Gasteiger partial charge in [-0.25, -0.2) is 0 Å². The van der Waals surface area contributed by atoms with Gasteiger partial charge >= 0.3 is 6.18 Å². The zero-order valence-corrected chi connectivity index (χ0v) is 11.6. The average molecular weight is 300 g/mol. The molecule has 0 amide bonds. The van der Waals surface area contributed by atoms with Crippen LogP contribution < -0.4 is 4.90 Å². The van der Waals surface area contributed by atoms with Gasteiger partial charge < -0.3 is 14.7 Å². The predicted octanol–water partition coefficient (Wildman–Crippen LogP) is 2.51. The van der Waals surface area contributed by atoms with Gasteiger partial charge in [0.05, 0.1) is 23.3 Å². The van der Waals surface area contributed by atoms with Gasteiger partial charge in [0.15, 0.2) is 0 Å². The van der Waals surface area contributed by atoms with Crippen LogP contribution in [0, 0.1) is 11.3 Å². The van der Waals surface area contributed by atoms with Crippen LogP contribution in [0.25, 0.3) is 0 Å². The fourth-order valence-electron chi connectivity index (χ4n) is 2.34. The van der Waals surface area contributed by atoms with E-state index in [1.54, 1.807) is 24.8 Å². The van der Waals surface area contributed by atoms with Crippen molar-refractivity contribution in [2.24, 2.45) is 0 Å². The summed E-state index contributed by atoms with van der Waals surface area (Å²) in [6.45, 7) is 3.57. The Morgan fingerprint density at radius 1 is 1.48 bits per heavy atom. The Balaban J connectivity index is 2.36. The number of nitrogens with zero attached hydrogens (tertiary/aromatic N) is 2. The van der Waals surface area contributed by atoms with Crippen LogP contribution in [0.2, 0.25) is 0 Å². The highest BCUT2D eigenvalue weighted by atomic mass is 19.4. The molecule has 1 heterocycles. The van der Waals surface area contributed by atoms with E-state index in [0.29, 0.717) is 12.2 Å². The molecule has 1 N–H and O–H groups in total. The minimum absolute atomic E-state index is 0.294. The Kier molecular flexibility index (Phi) is 4.12. The smallest absolute Gasteiger partial charge is 0.391 e. The zero-order chi connectivity index (χ0) is 15.8. The van der Waals surface area contributed by atoms with E-state index in [0.717, 1.165) is 12.1 Å². The van der Waals surface area contributed by atoms with Gasteiger partial charge in [-0.2, -0.15) is 18.4 Å². The number of hydrogen-bond acceptors (Lipinski definition) is 4. The third-order valence-corrected chi connectivity index (χ3v) is 3.49. The van der Waals surface area contributed by atoms with Gasteiger partial charge in [-0.15, -0.1) is 0 Å². The Labute approximate surface area is 120 Å². The zero-order valence-electron chi connectivity index (χ0n) is 11.6. The lowest BCUT2D eigenvalue weighted by Gasteiger charge is -2.23. The van der Waals surface area contributed by atoms with Gasteiger partial charge in [0, 0.05) is 12.2 Å². The van der Waals surface area contributed by atoms with E-state index >= 15 is 0 Å². The maximum absolute atomic E-state index is 13.0. The number of hydrogen-bond donors (Lipinski definition) is 1. The first-order chi connectivity index (χ1) is 9.74. The molecule has 114 valence electrons. The highest BCUT2D eigenvalue weighted by Gasteiger charge is 2.37. The molecule has 0 unspecified atom stereocenters. The van der Waals surface area contributed by atoms with Crippen molar-refractivity contribution in [1.29, 1.82) is 5.26 Å². The number of rotatable bonds is 2. The van der Waals surface area contributed by atoms with Crippen molar-refractivity contribution in [2.45, 2.75) is 38.5 Å².